The van der Waals surface area contributed by atoms with Gasteiger partial charge in [0.05, 0.1) is 23.8 Å². The van der Waals surface area contributed by atoms with E-state index in [2.05, 4.69) is 41.0 Å². The van der Waals surface area contributed by atoms with Gasteiger partial charge in [-0.1, -0.05) is 29.3 Å². The summed E-state index contributed by atoms with van der Waals surface area (Å²) in [6.45, 7) is 5.60. The van der Waals surface area contributed by atoms with Gasteiger partial charge < -0.3 is 24.6 Å². The average Bonchev–Trinajstić information content (AvgIpc) is 2.97. The molecule has 1 atom stereocenters. The molecule has 0 saturated carbocycles. The zero-order valence-corrected chi connectivity index (χ0v) is 19.7. The third-order valence-electron chi connectivity index (χ3n) is 6.45. The molecule has 0 unspecified atom stereocenters. The fourth-order valence-corrected chi connectivity index (χ4v) is 4.68. The van der Waals surface area contributed by atoms with Crippen molar-refractivity contribution in [3.8, 4) is 5.75 Å². The lowest BCUT2D eigenvalue weighted by atomic mass is 9.90. The van der Waals surface area contributed by atoms with E-state index in [-0.39, 0.29) is 18.2 Å². The number of ether oxygens (including phenoxy) is 2. The number of nitrogens with zero attached hydrogens (tertiary/aromatic N) is 2. The molecule has 0 radical (unpaired) electrons. The standard InChI is InChI=1S/C25H32ClFN2O4/c1-19-2-4-20(5-3-19)29-10-8-24(30,9-11-29)15-28-12-13-32-17-25(31,16-28)18-33-21-6-7-23(27)22(26)14-21/h2-7,14,30-31H,8-13,15-18H2,1H3/t25-/m0/s1. The molecule has 2 N–H and O–H groups in total. The Hall–Kier alpha value is -1.90. The number of aryl methyl sites for hydroxylation is 1. The van der Waals surface area contributed by atoms with Gasteiger partial charge in [0.25, 0.3) is 0 Å². The van der Waals surface area contributed by atoms with Crippen molar-refractivity contribution in [3.05, 3.63) is 58.9 Å². The highest BCUT2D eigenvalue weighted by Crippen LogP contribution is 2.29. The van der Waals surface area contributed by atoms with Gasteiger partial charge in [-0.2, -0.15) is 0 Å². The van der Waals surface area contributed by atoms with Gasteiger partial charge in [0.2, 0.25) is 0 Å². The third kappa shape index (κ3) is 6.37. The van der Waals surface area contributed by atoms with Crippen LogP contribution < -0.4 is 9.64 Å². The highest BCUT2D eigenvalue weighted by Gasteiger charge is 2.39. The van der Waals surface area contributed by atoms with Gasteiger partial charge in [0.1, 0.15) is 23.8 Å². The van der Waals surface area contributed by atoms with E-state index in [1.165, 1.54) is 29.4 Å². The van der Waals surface area contributed by atoms with Crippen LogP contribution in [-0.2, 0) is 4.74 Å². The zero-order chi connectivity index (χ0) is 23.5. The lowest BCUT2D eigenvalue weighted by Crippen LogP contribution is -2.55. The third-order valence-corrected chi connectivity index (χ3v) is 6.74. The minimum Gasteiger partial charge on any atom is -0.490 e. The Morgan fingerprint density at radius 3 is 2.48 bits per heavy atom. The van der Waals surface area contributed by atoms with E-state index < -0.39 is 17.0 Å². The Bertz CT molecular complexity index is 937. The molecule has 4 rings (SSSR count). The van der Waals surface area contributed by atoms with Crippen LogP contribution in [0.5, 0.6) is 5.75 Å². The van der Waals surface area contributed by atoms with Crippen molar-refractivity contribution in [3.63, 3.8) is 0 Å². The monoisotopic (exact) mass is 478 g/mol. The van der Waals surface area contributed by atoms with Gasteiger partial charge in [0.15, 0.2) is 0 Å². The van der Waals surface area contributed by atoms with E-state index in [9.17, 15) is 14.6 Å². The summed E-state index contributed by atoms with van der Waals surface area (Å²) >= 11 is 5.82. The van der Waals surface area contributed by atoms with Gasteiger partial charge in [-0.25, -0.2) is 4.39 Å². The van der Waals surface area contributed by atoms with E-state index in [0.29, 0.717) is 44.8 Å². The van der Waals surface area contributed by atoms with Gasteiger partial charge in [-0.3, -0.25) is 4.90 Å². The van der Waals surface area contributed by atoms with Crippen LogP contribution in [-0.4, -0.2) is 78.9 Å². The number of piperidine rings is 1. The average molecular weight is 479 g/mol. The van der Waals surface area contributed by atoms with Crippen LogP contribution in [0, 0.1) is 12.7 Å². The second kappa shape index (κ2) is 10.2. The molecule has 180 valence electrons. The van der Waals surface area contributed by atoms with E-state index in [1.807, 2.05) is 0 Å². The predicted octanol–water partition coefficient (Wildman–Crippen LogP) is 3.26. The molecular weight excluding hydrogens is 447 g/mol. The van der Waals surface area contributed by atoms with Crippen LogP contribution >= 0.6 is 11.6 Å². The van der Waals surface area contributed by atoms with Crippen molar-refractivity contribution in [2.45, 2.75) is 31.0 Å². The molecule has 0 aliphatic carbocycles. The Morgan fingerprint density at radius 2 is 1.79 bits per heavy atom. The van der Waals surface area contributed by atoms with Crippen molar-refractivity contribution < 1.29 is 24.1 Å². The smallest absolute Gasteiger partial charge is 0.142 e. The summed E-state index contributed by atoms with van der Waals surface area (Å²) in [7, 11) is 0. The molecule has 33 heavy (non-hydrogen) atoms. The van der Waals surface area contributed by atoms with Crippen molar-refractivity contribution in [2.75, 3.05) is 57.4 Å². The first-order valence-electron chi connectivity index (χ1n) is 11.4. The lowest BCUT2D eigenvalue weighted by molar-refractivity contribution is -0.0742. The first-order chi connectivity index (χ1) is 15.7. The van der Waals surface area contributed by atoms with Crippen LogP contribution in [0.2, 0.25) is 5.02 Å². The number of halogens is 2. The molecular formula is C25H32ClFN2O4. The highest BCUT2D eigenvalue weighted by molar-refractivity contribution is 6.30. The van der Waals surface area contributed by atoms with E-state index in [0.717, 1.165) is 13.1 Å². The number of hydrogen-bond donors (Lipinski definition) is 2. The first-order valence-corrected chi connectivity index (χ1v) is 11.8. The summed E-state index contributed by atoms with van der Waals surface area (Å²) in [6.07, 6.45) is 1.31. The van der Waals surface area contributed by atoms with Gasteiger partial charge >= 0.3 is 0 Å². The maximum absolute atomic E-state index is 13.4. The van der Waals surface area contributed by atoms with Crippen LogP contribution in [0.4, 0.5) is 10.1 Å². The summed E-state index contributed by atoms with van der Waals surface area (Å²) in [4.78, 5) is 4.35. The topological polar surface area (TPSA) is 65.4 Å². The Kier molecular flexibility index (Phi) is 7.46. The normalized spacial score (nSPS) is 23.8. The molecule has 0 aromatic heterocycles. The number of benzene rings is 2. The first kappa shape index (κ1) is 24.2. The predicted molar refractivity (Wildman–Crippen MR) is 127 cm³/mol. The fourth-order valence-electron chi connectivity index (χ4n) is 4.51. The van der Waals surface area contributed by atoms with Crippen molar-refractivity contribution in [1.29, 1.82) is 0 Å². The lowest BCUT2D eigenvalue weighted by Gasteiger charge is -2.42. The number of β-amino-alcohol motifs (C(OH)–C–C–N with tert-alkyl or cyclic N) is 2. The number of aliphatic hydroxyl groups is 2. The van der Waals surface area contributed by atoms with Crippen LogP contribution in [0.3, 0.4) is 0 Å². The Balaban J connectivity index is 1.33. The Morgan fingerprint density at radius 1 is 1.06 bits per heavy atom. The molecule has 6 nitrogen and oxygen atoms in total. The van der Waals surface area contributed by atoms with E-state index in [1.54, 1.807) is 0 Å². The number of hydrogen-bond acceptors (Lipinski definition) is 6. The summed E-state index contributed by atoms with van der Waals surface area (Å²) in [5.74, 6) is -0.138. The molecule has 0 amide bonds. The minimum atomic E-state index is -1.25. The van der Waals surface area contributed by atoms with Crippen molar-refractivity contribution in [1.82, 2.24) is 4.90 Å². The SMILES string of the molecule is Cc1ccc(N2CCC(O)(CN3CCOC[C@](O)(COc4ccc(F)c(Cl)c4)C3)CC2)cc1. The molecule has 2 aliphatic rings. The number of rotatable bonds is 6. The number of anilines is 1. The fraction of sp³-hybridized carbons (Fsp3) is 0.520. The summed E-state index contributed by atoms with van der Waals surface area (Å²) in [5, 5.41) is 22.4. The zero-order valence-electron chi connectivity index (χ0n) is 19.0. The summed E-state index contributed by atoms with van der Waals surface area (Å²) in [6, 6.07) is 12.6. The summed E-state index contributed by atoms with van der Waals surface area (Å²) in [5.41, 5.74) is 0.335. The van der Waals surface area contributed by atoms with Crippen LogP contribution in [0.1, 0.15) is 18.4 Å². The van der Waals surface area contributed by atoms with E-state index in [4.69, 9.17) is 21.1 Å². The second-order valence-electron chi connectivity index (χ2n) is 9.40. The molecule has 8 heteroatoms. The van der Waals surface area contributed by atoms with Gasteiger partial charge in [0, 0.05) is 44.5 Å². The molecule has 2 saturated heterocycles. The van der Waals surface area contributed by atoms with E-state index >= 15 is 0 Å². The van der Waals surface area contributed by atoms with Crippen molar-refractivity contribution in [2.24, 2.45) is 0 Å². The Labute approximate surface area is 199 Å². The molecule has 2 heterocycles. The maximum atomic E-state index is 13.4. The van der Waals surface area contributed by atoms with Gasteiger partial charge in [-0.05, 0) is 44.0 Å². The molecule has 2 aromatic rings. The minimum absolute atomic E-state index is 0.0227. The second-order valence-corrected chi connectivity index (χ2v) is 9.81. The molecule has 0 bridgehead atoms. The molecule has 2 fully saturated rings. The maximum Gasteiger partial charge on any atom is 0.142 e. The largest absolute Gasteiger partial charge is 0.490 e. The molecule has 0 spiro atoms. The molecule has 2 aromatic carbocycles. The van der Waals surface area contributed by atoms with Crippen LogP contribution in [0.25, 0.3) is 0 Å². The van der Waals surface area contributed by atoms with Crippen LogP contribution in [0.15, 0.2) is 42.5 Å². The highest BCUT2D eigenvalue weighted by atomic mass is 35.5. The van der Waals surface area contributed by atoms with Crippen molar-refractivity contribution >= 4 is 17.3 Å². The van der Waals surface area contributed by atoms with Gasteiger partial charge in [-0.15, -0.1) is 0 Å². The summed E-state index contributed by atoms with van der Waals surface area (Å²) < 4.78 is 24.7. The molecule has 2 aliphatic heterocycles. The quantitative estimate of drug-likeness (QED) is 0.664.